The van der Waals surface area contributed by atoms with E-state index in [0.29, 0.717) is 22.1 Å². The van der Waals surface area contributed by atoms with Gasteiger partial charge >= 0.3 is 0 Å². The van der Waals surface area contributed by atoms with Crippen LogP contribution in [0.5, 0.6) is 11.5 Å². The molecule has 0 radical (unpaired) electrons. The van der Waals surface area contributed by atoms with Gasteiger partial charge < -0.3 is 4.74 Å². The summed E-state index contributed by atoms with van der Waals surface area (Å²) in [4.78, 5) is 0.336. The van der Waals surface area contributed by atoms with E-state index in [1.807, 2.05) is 71.0 Å². The summed E-state index contributed by atoms with van der Waals surface area (Å²) in [5.74, 6) is 1.09. The number of rotatable bonds is 5. The molecule has 0 bridgehead atoms. The van der Waals surface area contributed by atoms with Crippen molar-refractivity contribution in [1.29, 1.82) is 0 Å². The summed E-state index contributed by atoms with van der Waals surface area (Å²) in [5, 5.41) is 0. The predicted molar refractivity (Wildman–Crippen MR) is 114 cm³/mol. The molecule has 0 atom stereocenters. The van der Waals surface area contributed by atoms with Gasteiger partial charge in [-0.05, 0) is 86.7 Å². The second-order valence-corrected chi connectivity index (χ2v) is 8.59. The molecule has 0 unspecified atom stereocenters. The second-order valence-electron chi connectivity index (χ2n) is 6.97. The highest BCUT2D eigenvalue weighted by molar-refractivity contribution is 7.92. The van der Waals surface area contributed by atoms with Gasteiger partial charge in [-0.1, -0.05) is 30.3 Å². The molecular formula is C23H25NO3S. The molecule has 0 saturated carbocycles. The van der Waals surface area contributed by atoms with Crippen molar-refractivity contribution in [3.63, 3.8) is 0 Å². The Labute approximate surface area is 167 Å². The van der Waals surface area contributed by atoms with Crippen molar-refractivity contribution in [2.45, 2.75) is 39.5 Å². The summed E-state index contributed by atoms with van der Waals surface area (Å²) in [6, 6.07) is 16.3. The molecule has 0 aliphatic carbocycles. The topological polar surface area (TPSA) is 55.4 Å². The Hall–Kier alpha value is -2.79. The molecule has 3 aromatic rings. The maximum Gasteiger partial charge on any atom is 0.262 e. The molecule has 3 rings (SSSR count). The van der Waals surface area contributed by atoms with E-state index in [-0.39, 0.29) is 0 Å². The van der Waals surface area contributed by atoms with Gasteiger partial charge in [-0.15, -0.1) is 0 Å². The van der Waals surface area contributed by atoms with Gasteiger partial charge in [0.1, 0.15) is 5.75 Å². The van der Waals surface area contributed by atoms with Crippen LogP contribution in [0, 0.1) is 34.6 Å². The molecule has 5 heteroatoms. The predicted octanol–water partition coefficient (Wildman–Crippen LogP) is 5.82. The minimum absolute atomic E-state index is 0.336. The number of sulfonamides is 1. The Bertz CT molecular complexity index is 1090. The Morgan fingerprint density at radius 2 is 1.18 bits per heavy atom. The van der Waals surface area contributed by atoms with Crippen molar-refractivity contribution in [3.8, 4) is 11.5 Å². The van der Waals surface area contributed by atoms with Crippen LogP contribution >= 0.6 is 0 Å². The molecule has 0 aliphatic heterocycles. The largest absolute Gasteiger partial charge is 0.455 e. The maximum atomic E-state index is 13.3. The lowest BCUT2D eigenvalue weighted by molar-refractivity contribution is 0.485. The van der Waals surface area contributed by atoms with Crippen LogP contribution in [0.15, 0.2) is 59.5 Å². The zero-order valence-corrected chi connectivity index (χ0v) is 17.6. The van der Waals surface area contributed by atoms with E-state index in [0.717, 1.165) is 27.8 Å². The summed E-state index contributed by atoms with van der Waals surface area (Å²) in [6.07, 6.45) is 0. The summed E-state index contributed by atoms with van der Waals surface area (Å²) < 4.78 is 35.2. The standard InChI is InChI=1S/C23H25NO3S/c1-15-16(2)18(4)23(19(5)17(15)3)28(25,26)24-21-13-9-10-14-22(21)27-20-11-7-6-8-12-20/h6-14,24H,1-5H3. The lowest BCUT2D eigenvalue weighted by atomic mass is 9.95. The zero-order chi connectivity index (χ0) is 20.5. The summed E-state index contributed by atoms with van der Waals surface area (Å²) in [5.41, 5.74) is 5.07. The van der Waals surface area contributed by atoms with Crippen molar-refractivity contribution in [2.24, 2.45) is 0 Å². The van der Waals surface area contributed by atoms with Gasteiger partial charge in [0.25, 0.3) is 10.0 Å². The highest BCUT2D eigenvalue weighted by atomic mass is 32.2. The molecule has 1 N–H and O–H groups in total. The molecule has 4 nitrogen and oxygen atoms in total. The van der Waals surface area contributed by atoms with E-state index in [1.165, 1.54) is 0 Å². The van der Waals surface area contributed by atoms with Crippen LogP contribution in [0.1, 0.15) is 27.8 Å². The summed E-state index contributed by atoms with van der Waals surface area (Å²) in [6.45, 7) is 9.66. The fourth-order valence-electron chi connectivity index (χ4n) is 3.32. The first kappa shape index (κ1) is 20.0. The second kappa shape index (κ2) is 7.68. The highest BCUT2D eigenvalue weighted by Crippen LogP contribution is 2.34. The Morgan fingerprint density at radius 1 is 0.679 bits per heavy atom. The molecule has 3 aromatic carbocycles. The fraction of sp³-hybridized carbons (Fsp3) is 0.217. The van der Waals surface area contributed by atoms with Gasteiger partial charge in [0.2, 0.25) is 0 Å². The van der Waals surface area contributed by atoms with E-state index < -0.39 is 10.0 Å². The van der Waals surface area contributed by atoms with Crippen molar-refractivity contribution in [3.05, 3.63) is 82.4 Å². The molecule has 28 heavy (non-hydrogen) atoms. The number of ether oxygens (including phenoxy) is 1. The number of hydrogen-bond acceptors (Lipinski definition) is 3. The lowest BCUT2D eigenvalue weighted by Gasteiger charge is -2.20. The molecule has 0 heterocycles. The first-order valence-electron chi connectivity index (χ1n) is 9.14. The lowest BCUT2D eigenvalue weighted by Crippen LogP contribution is -2.18. The minimum Gasteiger partial charge on any atom is -0.455 e. The van der Waals surface area contributed by atoms with Crippen LogP contribution in [0.3, 0.4) is 0 Å². The third kappa shape index (κ3) is 3.76. The zero-order valence-electron chi connectivity index (χ0n) is 16.8. The average molecular weight is 396 g/mol. The van der Waals surface area contributed by atoms with Crippen LogP contribution in [-0.2, 0) is 10.0 Å². The van der Waals surface area contributed by atoms with Gasteiger partial charge in [-0.25, -0.2) is 8.42 Å². The number of para-hydroxylation sites is 3. The first-order valence-corrected chi connectivity index (χ1v) is 10.6. The molecule has 0 aliphatic rings. The number of anilines is 1. The monoisotopic (exact) mass is 395 g/mol. The van der Waals surface area contributed by atoms with Crippen LogP contribution in [0.4, 0.5) is 5.69 Å². The van der Waals surface area contributed by atoms with Crippen LogP contribution in [-0.4, -0.2) is 8.42 Å². The normalized spacial score (nSPS) is 11.3. The molecule has 0 saturated heterocycles. The number of benzene rings is 3. The first-order chi connectivity index (χ1) is 13.2. The Kier molecular flexibility index (Phi) is 5.47. The van der Waals surface area contributed by atoms with E-state index in [1.54, 1.807) is 18.2 Å². The van der Waals surface area contributed by atoms with E-state index in [4.69, 9.17) is 4.74 Å². The molecule has 146 valence electrons. The van der Waals surface area contributed by atoms with Crippen LogP contribution in [0.2, 0.25) is 0 Å². The number of hydrogen-bond donors (Lipinski definition) is 1. The third-order valence-corrected chi connectivity index (χ3v) is 6.94. The molecule has 0 spiro atoms. The van der Waals surface area contributed by atoms with E-state index >= 15 is 0 Å². The molecule has 0 amide bonds. The SMILES string of the molecule is Cc1c(C)c(C)c(S(=O)(=O)Nc2ccccc2Oc2ccccc2)c(C)c1C. The Balaban J connectivity index is 2.04. The Morgan fingerprint density at radius 3 is 1.79 bits per heavy atom. The van der Waals surface area contributed by atoms with Crippen molar-refractivity contribution in [2.75, 3.05) is 4.72 Å². The van der Waals surface area contributed by atoms with Crippen molar-refractivity contribution >= 4 is 15.7 Å². The average Bonchev–Trinajstić information content (AvgIpc) is 2.67. The van der Waals surface area contributed by atoms with Crippen molar-refractivity contribution < 1.29 is 13.2 Å². The molecular weight excluding hydrogens is 370 g/mol. The third-order valence-electron chi connectivity index (χ3n) is 5.30. The van der Waals surface area contributed by atoms with E-state index in [2.05, 4.69) is 4.72 Å². The number of nitrogens with one attached hydrogen (secondary N) is 1. The maximum absolute atomic E-state index is 13.3. The van der Waals surface area contributed by atoms with Gasteiger partial charge in [0, 0.05) is 0 Å². The molecule has 0 aromatic heterocycles. The van der Waals surface area contributed by atoms with Crippen LogP contribution < -0.4 is 9.46 Å². The fourth-order valence-corrected chi connectivity index (χ4v) is 4.99. The van der Waals surface area contributed by atoms with Gasteiger partial charge in [0.15, 0.2) is 5.75 Å². The minimum atomic E-state index is -3.78. The van der Waals surface area contributed by atoms with Gasteiger partial charge in [-0.2, -0.15) is 0 Å². The summed E-state index contributed by atoms with van der Waals surface area (Å²) >= 11 is 0. The van der Waals surface area contributed by atoms with Crippen LogP contribution in [0.25, 0.3) is 0 Å². The van der Waals surface area contributed by atoms with Gasteiger partial charge in [0.05, 0.1) is 10.6 Å². The van der Waals surface area contributed by atoms with E-state index in [9.17, 15) is 8.42 Å². The van der Waals surface area contributed by atoms with Gasteiger partial charge in [-0.3, -0.25) is 4.72 Å². The smallest absolute Gasteiger partial charge is 0.262 e. The quantitative estimate of drug-likeness (QED) is 0.592. The highest BCUT2D eigenvalue weighted by Gasteiger charge is 2.24. The van der Waals surface area contributed by atoms with Crippen molar-refractivity contribution in [1.82, 2.24) is 0 Å². The molecule has 0 fully saturated rings. The summed E-state index contributed by atoms with van der Waals surface area (Å²) in [7, 11) is -3.78.